The Kier molecular flexibility index (Phi) is 5.84. The number of hydrogen-bond acceptors (Lipinski definition) is 4. The highest BCUT2D eigenvalue weighted by atomic mass is 16.5. The number of piperazine rings is 1. The van der Waals surface area contributed by atoms with Crippen molar-refractivity contribution in [3.05, 3.63) is 0 Å². The van der Waals surface area contributed by atoms with E-state index < -0.39 is 0 Å². The quantitative estimate of drug-likeness (QED) is 0.829. The van der Waals surface area contributed by atoms with Crippen LogP contribution < -0.4 is 5.32 Å². The van der Waals surface area contributed by atoms with Crippen molar-refractivity contribution < 1.29 is 4.74 Å². The molecule has 1 N–H and O–H groups in total. The highest BCUT2D eigenvalue weighted by molar-refractivity contribution is 4.82. The molecule has 0 saturated carbocycles. The van der Waals surface area contributed by atoms with Crippen LogP contribution in [0, 0.1) is 0 Å². The minimum absolute atomic E-state index is 0.318. The molecule has 4 nitrogen and oxygen atoms in total. The molecule has 2 saturated heterocycles. The number of ether oxygens (including phenoxy) is 1. The minimum atomic E-state index is 0.318. The van der Waals surface area contributed by atoms with E-state index in [0.717, 1.165) is 19.7 Å². The molecule has 0 bridgehead atoms. The summed E-state index contributed by atoms with van der Waals surface area (Å²) < 4.78 is 5.73. The first-order valence-electron chi connectivity index (χ1n) is 8.29. The van der Waals surface area contributed by atoms with E-state index in [9.17, 15) is 0 Å². The summed E-state index contributed by atoms with van der Waals surface area (Å²) in [6.07, 6.45) is 2.89. The Labute approximate surface area is 124 Å². The summed E-state index contributed by atoms with van der Waals surface area (Å²) >= 11 is 0. The van der Waals surface area contributed by atoms with E-state index in [4.69, 9.17) is 4.74 Å². The molecule has 2 unspecified atom stereocenters. The van der Waals surface area contributed by atoms with Gasteiger partial charge in [0.15, 0.2) is 0 Å². The topological polar surface area (TPSA) is 27.7 Å². The maximum Gasteiger partial charge on any atom is 0.0726 e. The predicted octanol–water partition coefficient (Wildman–Crippen LogP) is 1.56. The molecular formula is C16H33N3O. The average molecular weight is 283 g/mol. The van der Waals surface area contributed by atoms with Gasteiger partial charge in [0.25, 0.3) is 0 Å². The van der Waals surface area contributed by atoms with Crippen LogP contribution in [-0.2, 0) is 4.74 Å². The average Bonchev–Trinajstić information content (AvgIpc) is 2.92. The molecule has 2 rings (SSSR count). The van der Waals surface area contributed by atoms with Gasteiger partial charge in [-0.1, -0.05) is 0 Å². The third-order valence-corrected chi connectivity index (χ3v) is 4.74. The summed E-state index contributed by atoms with van der Waals surface area (Å²) in [5.41, 5.74) is 0.318. The van der Waals surface area contributed by atoms with E-state index in [2.05, 4.69) is 42.8 Å². The van der Waals surface area contributed by atoms with Crippen LogP contribution in [0.4, 0.5) is 0 Å². The Morgan fingerprint density at radius 1 is 1.20 bits per heavy atom. The summed E-state index contributed by atoms with van der Waals surface area (Å²) in [7, 11) is 0. The fraction of sp³-hybridized carbons (Fsp3) is 1.00. The van der Waals surface area contributed by atoms with Crippen molar-refractivity contribution in [2.45, 2.75) is 58.2 Å². The van der Waals surface area contributed by atoms with Crippen LogP contribution in [0.15, 0.2) is 0 Å². The molecule has 4 heteroatoms. The van der Waals surface area contributed by atoms with Crippen LogP contribution in [0.25, 0.3) is 0 Å². The van der Waals surface area contributed by atoms with Gasteiger partial charge in [0.1, 0.15) is 0 Å². The van der Waals surface area contributed by atoms with Gasteiger partial charge in [-0.15, -0.1) is 0 Å². The second kappa shape index (κ2) is 7.21. The zero-order valence-corrected chi connectivity index (χ0v) is 13.8. The van der Waals surface area contributed by atoms with Crippen LogP contribution in [0.2, 0.25) is 0 Å². The van der Waals surface area contributed by atoms with E-state index in [1.165, 1.54) is 39.0 Å². The zero-order valence-electron chi connectivity index (χ0n) is 13.8. The third-order valence-electron chi connectivity index (χ3n) is 4.74. The van der Waals surface area contributed by atoms with Crippen molar-refractivity contribution in [3.8, 4) is 0 Å². The first-order chi connectivity index (χ1) is 9.47. The number of nitrogens with zero attached hydrogens (tertiary/aromatic N) is 2. The van der Waals surface area contributed by atoms with Crippen molar-refractivity contribution in [1.29, 1.82) is 0 Å². The van der Waals surface area contributed by atoms with Crippen molar-refractivity contribution in [2.24, 2.45) is 0 Å². The van der Waals surface area contributed by atoms with Crippen LogP contribution in [0.1, 0.15) is 40.5 Å². The summed E-state index contributed by atoms with van der Waals surface area (Å²) in [4.78, 5) is 5.17. The number of rotatable bonds is 5. The fourth-order valence-corrected chi connectivity index (χ4v) is 3.22. The molecule has 2 atom stereocenters. The van der Waals surface area contributed by atoms with Crippen LogP contribution in [0.5, 0.6) is 0 Å². The largest absolute Gasteiger partial charge is 0.377 e. The van der Waals surface area contributed by atoms with E-state index >= 15 is 0 Å². The Bertz CT molecular complexity index is 276. The molecule has 0 aliphatic carbocycles. The Balaban J connectivity index is 1.59. The Morgan fingerprint density at radius 3 is 2.45 bits per heavy atom. The SMILES string of the molecule is CC(NCCN1CCN(C(C)(C)C)CC1)C1CCCO1. The molecule has 0 aromatic heterocycles. The molecule has 0 radical (unpaired) electrons. The van der Waals surface area contributed by atoms with Gasteiger partial charge < -0.3 is 10.1 Å². The zero-order chi connectivity index (χ0) is 14.6. The van der Waals surface area contributed by atoms with Gasteiger partial charge in [-0.05, 0) is 40.5 Å². The van der Waals surface area contributed by atoms with Gasteiger partial charge in [-0.2, -0.15) is 0 Å². The highest BCUT2D eigenvalue weighted by Crippen LogP contribution is 2.16. The Morgan fingerprint density at radius 2 is 1.90 bits per heavy atom. The normalized spacial score (nSPS) is 27.9. The van der Waals surface area contributed by atoms with Gasteiger partial charge in [-0.3, -0.25) is 9.80 Å². The van der Waals surface area contributed by atoms with Crippen LogP contribution in [0.3, 0.4) is 0 Å². The fourth-order valence-electron chi connectivity index (χ4n) is 3.22. The molecule has 0 spiro atoms. The summed E-state index contributed by atoms with van der Waals surface area (Å²) in [6.45, 7) is 17.2. The molecule has 0 aromatic carbocycles. The Hall–Kier alpha value is -0.160. The molecule has 0 aromatic rings. The summed E-state index contributed by atoms with van der Waals surface area (Å²) in [6, 6.07) is 0.494. The lowest BCUT2D eigenvalue weighted by Gasteiger charge is -2.42. The van der Waals surface area contributed by atoms with E-state index in [0.29, 0.717) is 17.7 Å². The van der Waals surface area contributed by atoms with Gasteiger partial charge in [0.05, 0.1) is 6.10 Å². The van der Waals surface area contributed by atoms with Crippen molar-refractivity contribution >= 4 is 0 Å². The standard InChI is InChI=1S/C16H33N3O/c1-14(15-6-5-13-20-15)17-7-8-18-9-11-19(12-10-18)16(2,3)4/h14-15,17H,5-13H2,1-4H3. The lowest BCUT2D eigenvalue weighted by Crippen LogP contribution is -2.54. The van der Waals surface area contributed by atoms with Crippen LogP contribution >= 0.6 is 0 Å². The van der Waals surface area contributed by atoms with Crippen molar-refractivity contribution in [2.75, 3.05) is 45.9 Å². The predicted molar refractivity (Wildman–Crippen MR) is 84.2 cm³/mol. The number of hydrogen-bond donors (Lipinski definition) is 1. The van der Waals surface area contributed by atoms with Crippen LogP contribution in [-0.4, -0.2) is 73.4 Å². The molecule has 0 amide bonds. The van der Waals surface area contributed by atoms with Gasteiger partial charge in [-0.25, -0.2) is 0 Å². The highest BCUT2D eigenvalue weighted by Gasteiger charge is 2.26. The molecule has 118 valence electrons. The molecule has 2 aliphatic heterocycles. The second-order valence-corrected chi connectivity index (χ2v) is 7.29. The maximum absolute atomic E-state index is 5.73. The molecule has 2 heterocycles. The summed E-state index contributed by atoms with van der Waals surface area (Å²) in [5.74, 6) is 0. The van der Waals surface area contributed by atoms with Gasteiger partial charge >= 0.3 is 0 Å². The second-order valence-electron chi connectivity index (χ2n) is 7.29. The molecule has 2 aliphatic rings. The minimum Gasteiger partial charge on any atom is -0.377 e. The van der Waals surface area contributed by atoms with Crippen molar-refractivity contribution in [1.82, 2.24) is 15.1 Å². The van der Waals surface area contributed by atoms with Gasteiger partial charge in [0.2, 0.25) is 0 Å². The molecular weight excluding hydrogens is 250 g/mol. The van der Waals surface area contributed by atoms with Crippen molar-refractivity contribution in [3.63, 3.8) is 0 Å². The molecule has 20 heavy (non-hydrogen) atoms. The van der Waals surface area contributed by atoms with E-state index in [1.54, 1.807) is 0 Å². The lowest BCUT2D eigenvalue weighted by molar-refractivity contribution is 0.0590. The maximum atomic E-state index is 5.73. The first kappa shape index (κ1) is 16.2. The first-order valence-corrected chi connectivity index (χ1v) is 8.29. The van der Waals surface area contributed by atoms with Gasteiger partial charge in [0, 0.05) is 57.5 Å². The monoisotopic (exact) mass is 283 g/mol. The van der Waals surface area contributed by atoms with E-state index in [-0.39, 0.29) is 0 Å². The van der Waals surface area contributed by atoms with E-state index in [1.807, 2.05) is 0 Å². The summed E-state index contributed by atoms with van der Waals surface area (Å²) in [5, 5.41) is 3.63. The lowest BCUT2D eigenvalue weighted by atomic mass is 10.1. The number of nitrogens with one attached hydrogen (secondary N) is 1. The smallest absolute Gasteiger partial charge is 0.0726 e. The third kappa shape index (κ3) is 4.69. The molecule has 2 fully saturated rings.